The molecule has 3 aromatic carbocycles. The average Bonchev–Trinajstić information content (AvgIpc) is 2.94. The maximum atomic E-state index is 13.1. The number of ether oxygens (including phenoxy) is 2. The van der Waals surface area contributed by atoms with Gasteiger partial charge in [-0.25, -0.2) is 0 Å². The van der Waals surface area contributed by atoms with Gasteiger partial charge in [0.15, 0.2) is 0 Å². The number of rotatable bonds is 7. The summed E-state index contributed by atoms with van der Waals surface area (Å²) < 4.78 is 11.5. The summed E-state index contributed by atoms with van der Waals surface area (Å²) in [6, 6.07) is 23.7. The van der Waals surface area contributed by atoms with Gasteiger partial charge in [-0.1, -0.05) is 60.7 Å². The minimum atomic E-state index is -0.160. The van der Waals surface area contributed by atoms with Crippen LogP contribution in [-0.4, -0.2) is 43.5 Å². The van der Waals surface area contributed by atoms with Gasteiger partial charge >= 0.3 is 0 Å². The number of hydrogen-bond donors (Lipinski definition) is 2. The summed E-state index contributed by atoms with van der Waals surface area (Å²) in [5, 5.41) is 6.07. The molecule has 1 heterocycles. The minimum Gasteiger partial charge on any atom is -0.493 e. The SMILES string of the molecule is COCc1ccccc1CNC(=O)c1ccc2c(c1)OCCCCCNC(=O)CN(Cc1ccccc1)C2. The van der Waals surface area contributed by atoms with E-state index in [1.54, 1.807) is 7.11 Å². The predicted octanol–water partition coefficient (Wildman–Crippen LogP) is 4.44. The number of amides is 2. The Balaban J connectivity index is 1.52. The third-order valence-electron chi connectivity index (χ3n) is 6.60. The van der Waals surface area contributed by atoms with Crippen LogP contribution in [0.3, 0.4) is 0 Å². The zero-order chi connectivity index (χ0) is 26.6. The Hall–Kier alpha value is -3.68. The molecule has 1 aliphatic heterocycles. The largest absolute Gasteiger partial charge is 0.493 e. The lowest BCUT2D eigenvalue weighted by Gasteiger charge is -2.23. The second-order valence-electron chi connectivity index (χ2n) is 9.60. The summed E-state index contributed by atoms with van der Waals surface area (Å²) in [5.74, 6) is 0.551. The molecule has 4 rings (SSSR count). The van der Waals surface area contributed by atoms with E-state index >= 15 is 0 Å². The summed E-state index contributed by atoms with van der Waals surface area (Å²) in [5.41, 5.74) is 4.71. The van der Waals surface area contributed by atoms with Crippen LogP contribution in [0, 0.1) is 0 Å². The molecular formula is C31H37N3O4. The Morgan fingerprint density at radius 1 is 0.974 bits per heavy atom. The van der Waals surface area contributed by atoms with Gasteiger partial charge in [-0.2, -0.15) is 0 Å². The molecule has 1 aliphatic rings. The monoisotopic (exact) mass is 515 g/mol. The van der Waals surface area contributed by atoms with E-state index < -0.39 is 0 Å². The maximum Gasteiger partial charge on any atom is 0.251 e. The van der Waals surface area contributed by atoms with Crippen molar-refractivity contribution in [3.8, 4) is 5.75 Å². The molecule has 0 aromatic heterocycles. The molecule has 0 unspecified atom stereocenters. The summed E-state index contributed by atoms with van der Waals surface area (Å²) in [6.07, 6.45) is 2.76. The average molecular weight is 516 g/mol. The van der Waals surface area contributed by atoms with E-state index in [0.717, 1.165) is 41.5 Å². The quantitative estimate of drug-likeness (QED) is 0.486. The van der Waals surface area contributed by atoms with Crippen molar-refractivity contribution < 1.29 is 19.1 Å². The molecule has 0 saturated carbocycles. The molecule has 0 spiro atoms. The smallest absolute Gasteiger partial charge is 0.251 e. The molecule has 0 saturated heterocycles. The van der Waals surface area contributed by atoms with Crippen LogP contribution >= 0.6 is 0 Å². The topological polar surface area (TPSA) is 79.9 Å². The van der Waals surface area contributed by atoms with Crippen molar-refractivity contribution in [2.24, 2.45) is 0 Å². The van der Waals surface area contributed by atoms with Crippen LogP contribution in [0.25, 0.3) is 0 Å². The molecule has 0 radical (unpaired) electrons. The molecule has 0 aliphatic carbocycles. The fourth-order valence-electron chi connectivity index (χ4n) is 4.59. The number of benzene rings is 3. The van der Waals surface area contributed by atoms with Gasteiger partial charge in [0, 0.05) is 44.4 Å². The third-order valence-corrected chi connectivity index (χ3v) is 6.60. The van der Waals surface area contributed by atoms with E-state index in [2.05, 4.69) is 27.7 Å². The first-order valence-electron chi connectivity index (χ1n) is 13.2. The standard InChI is InChI=1S/C31H37N3O4/c1-37-23-28-13-7-6-12-26(28)19-33-31(36)25-14-15-27-21-34(20-24-10-4-2-5-11-24)22-30(35)32-16-8-3-9-17-38-29(27)18-25/h2,4-7,10-15,18H,3,8-9,16-17,19-23H2,1H3,(H,32,35)(H,33,36). The van der Waals surface area contributed by atoms with Crippen molar-refractivity contribution in [1.82, 2.24) is 15.5 Å². The minimum absolute atomic E-state index is 0.0207. The number of fused-ring (bicyclic) bond motifs is 1. The zero-order valence-corrected chi connectivity index (χ0v) is 22.1. The Bertz CT molecular complexity index is 1200. The van der Waals surface area contributed by atoms with Crippen molar-refractivity contribution in [1.29, 1.82) is 0 Å². The second-order valence-corrected chi connectivity index (χ2v) is 9.60. The first kappa shape index (κ1) is 27.4. The number of nitrogens with one attached hydrogen (secondary N) is 2. The summed E-state index contributed by atoms with van der Waals surface area (Å²) >= 11 is 0. The van der Waals surface area contributed by atoms with Crippen LogP contribution < -0.4 is 15.4 Å². The Kier molecular flexibility index (Phi) is 10.3. The number of methoxy groups -OCH3 is 1. The van der Waals surface area contributed by atoms with E-state index in [4.69, 9.17) is 9.47 Å². The maximum absolute atomic E-state index is 13.1. The van der Waals surface area contributed by atoms with Gasteiger partial charge in [0.05, 0.1) is 19.8 Å². The van der Waals surface area contributed by atoms with Gasteiger partial charge in [-0.05, 0) is 48.1 Å². The first-order chi connectivity index (χ1) is 18.6. The molecule has 38 heavy (non-hydrogen) atoms. The van der Waals surface area contributed by atoms with Crippen molar-refractivity contribution >= 4 is 11.8 Å². The number of hydrogen-bond acceptors (Lipinski definition) is 5. The lowest BCUT2D eigenvalue weighted by molar-refractivity contribution is -0.122. The normalized spacial score (nSPS) is 15.1. The van der Waals surface area contributed by atoms with Crippen molar-refractivity contribution in [2.45, 2.75) is 45.5 Å². The molecule has 3 aromatic rings. The molecule has 2 amide bonds. The van der Waals surface area contributed by atoms with Crippen LogP contribution in [0.4, 0.5) is 0 Å². The molecule has 0 fully saturated rings. The fraction of sp³-hybridized carbons (Fsp3) is 0.355. The number of nitrogens with zero attached hydrogens (tertiary/aromatic N) is 1. The number of carbonyl (C=O) groups is 2. The van der Waals surface area contributed by atoms with E-state index in [0.29, 0.717) is 50.7 Å². The highest BCUT2D eigenvalue weighted by atomic mass is 16.5. The molecule has 7 nitrogen and oxygen atoms in total. The van der Waals surface area contributed by atoms with Gasteiger partial charge in [0.1, 0.15) is 5.75 Å². The molecular weight excluding hydrogens is 478 g/mol. The van der Waals surface area contributed by atoms with Crippen LogP contribution in [0.1, 0.15) is 51.9 Å². The lowest BCUT2D eigenvalue weighted by atomic mass is 10.1. The van der Waals surface area contributed by atoms with Crippen LogP contribution in [-0.2, 0) is 35.8 Å². The molecule has 7 heteroatoms. The van der Waals surface area contributed by atoms with Crippen molar-refractivity contribution in [3.63, 3.8) is 0 Å². The van der Waals surface area contributed by atoms with Gasteiger partial charge in [-0.15, -0.1) is 0 Å². The second kappa shape index (κ2) is 14.3. The molecule has 200 valence electrons. The fourth-order valence-corrected chi connectivity index (χ4v) is 4.59. The van der Waals surface area contributed by atoms with Gasteiger partial charge in [0.2, 0.25) is 5.91 Å². The van der Waals surface area contributed by atoms with E-state index in [-0.39, 0.29) is 18.4 Å². The first-order valence-corrected chi connectivity index (χ1v) is 13.2. The highest BCUT2D eigenvalue weighted by molar-refractivity contribution is 5.94. The van der Waals surface area contributed by atoms with Crippen molar-refractivity contribution in [2.75, 3.05) is 26.8 Å². The predicted molar refractivity (Wildman–Crippen MR) is 148 cm³/mol. The Labute approximate surface area is 225 Å². The Morgan fingerprint density at radius 3 is 2.58 bits per heavy atom. The van der Waals surface area contributed by atoms with Crippen LogP contribution in [0.15, 0.2) is 72.8 Å². The van der Waals surface area contributed by atoms with Gasteiger partial charge in [-0.3, -0.25) is 14.5 Å². The van der Waals surface area contributed by atoms with Gasteiger partial charge in [0.25, 0.3) is 5.91 Å². The van der Waals surface area contributed by atoms with E-state index in [1.807, 2.05) is 60.7 Å². The van der Waals surface area contributed by atoms with E-state index in [1.165, 1.54) is 0 Å². The molecule has 2 N–H and O–H groups in total. The highest BCUT2D eigenvalue weighted by Gasteiger charge is 2.17. The summed E-state index contributed by atoms with van der Waals surface area (Å²) in [6.45, 7) is 3.60. The summed E-state index contributed by atoms with van der Waals surface area (Å²) in [4.78, 5) is 27.8. The summed E-state index contributed by atoms with van der Waals surface area (Å²) in [7, 11) is 1.66. The molecule has 0 bridgehead atoms. The highest BCUT2D eigenvalue weighted by Crippen LogP contribution is 2.24. The zero-order valence-electron chi connectivity index (χ0n) is 22.1. The van der Waals surface area contributed by atoms with Crippen LogP contribution in [0.2, 0.25) is 0 Å². The van der Waals surface area contributed by atoms with E-state index in [9.17, 15) is 9.59 Å². The number of carbonyl (C=O) groups excluding carboxylic acids is 2. The third kappa shape index (κ3) is 8.16. The van der Waals surface area contributed by atoms with Gasteiger partial charge < -0.3 is 20.1 Å². The Morgan fingerprint density at radius 2 is 1.76 bits per heavy atom. The lowest BCUT2D eigenvalue weighted by Crippen LogP contribution is -2.37. The van der Waals surface area contributed by atoms with Crippen molar-refractivity contribution in [3.05, 3.63) is 101 Å². The van der Waals surface area contributed by atoms with Crippen LogP contribution in [0.5, 0.6) is 5.75 Å². The molecule has 0 atom stereocenters.